The van der Waals surface area contributed by atoms with E-state index in [0.717, 1.165) is 11.5 Å². The van der Waals surface area contributed by atoms with Gasteiger partial charge < -0.3 is 4.74 Å². The van der Waals surface area contributed by atoms with Gasteiger partial charge in [-0.3, -0.25) is 0 Å². The minimum Gasteiger partial charge on any atom is -0.449 e. The molecule has 1 aliphatic heterocycles. The van der Waals surface area contributed by atoms with Crippen LogP contribution in [-0.2, 0) is 5.41 Å². The molecular weight excluding hydrogens is 136 g/mol. The third-order valence-corrected chi connectivity index (χ3v) is 1.96. The van der Waals surface area contributed by atoms with E-state index in [9.17, 15) is 0 Å². The fourth-order valence-electron chi connectivity index (χ4n) is 1.28. The van der Waals surface area contributed by atoms with Gasteiger partial charge >= 0.3 is 0 Å². The van der Waals surface area contributed by atoms with Crippen LogP contribution in [0, 0.1) is 0 Å². The summed E-state index contributed by atoms with van der Waals surface area (Å²) in [4.78, 5) is 0. The van der Waals surface area contributed by atoms with Crippen LogP contribution < -0.4 is 4.74 Å². The number of para-hydroxylation sites is 1. The van der Waals surface area contributed by atoms with Gasteiger partial charge in [-0.05, 0) is 11.5 Å². The number of ether oxygens (including phenoxy) is 1. The second-order valence-electron chi connectivity index (χ2n) is 3.98. The number of hydrogen-bond acceptors (Lipinski definition) is 1. The number of rotatable bonds is 0. The quantitative estimate of drug-likeness (QED) is 0.523. The van der Waals surface area contributed by atoms with E-state index in [1.807, 2.05) is 12.1 Å². The molecule has 0 atom stereocenters. The summed E-state index contributed by atoms with van der Waals surface area (Å²) in [6.07, 6.45) is 0. The molecular formula is C10H12O. The maximum atomic E-state index is 5.30. The minimum absolute atomic E-state index is 0.210. The fraction of sp³-hybridized carbons (Fsp3) is 0.400. The monoisotopic (exact) mass is 148 g/mol. The number of benzene rings is 1. The van der Waals surface area contributed by atoms with Gasteiger partial charge in [0.1, 0.15) is 0 Å². The molecule has 0 fully saturated rings. The topological polar surface area (TPSA) is 12.5 Å². The molecule has 11 heavy (non-hydrogen) atoms. The SMILES string of the molecule is CC(C)(C)c1cccc2c1O2. The summed E-state index contributed by atoms with van der Waals surface area (Å²) in [7, 11) is 0. The molecule has 1 heteroatoms. The average molecular weight is 148 g/mol. The van der Waals surface area contributed by atoms with Crippen LogP contribution in [0.4, 0.5) is 0 Å². The van der Waals surface area contributed by atoms with Crippen molar-refractivity contribution < 1.29 is 4.74 Å². The van der Waals surface area contributed by atoms with Gasteiger partial charge in [-0.2, -0.15) is 0 Å². The molecule has 0 unspecified atom stereocenters. The Morgan fingerprint density at radius 3 is 2.45 bits per heavy atom. The van der Waals surface area contributed by atoms with Crippen LogP contribution in [0.3, 0.4) is 0 Å². The van der Waals surface area contributed by atoms with E-state index in [1.165, 1.54) is 5.56 Å². The van der Waals surface area contributed by atoms with Gasteiger partial charge in [0.15, 0.2) is 11.5 Å². The Bertz CT molecular complexity index is 294. The summed E-state index contributed by atoms with van der Waals surface area (Å²) >= 11 is 0. The molecule has 1 aromatic rings. The molecule has 0 N–H and O–H groups in total. The summed E-state index contributed by atoms with van der Waals surface area (Å²) in [5.41, 5.74) is 1.52. The van der Waals surface area contributed by atoms with Crippen LogP contribution in [0.5, 0.6) is 11.5 Å². The molecule has 0 aromatic heterocycles. The molecule has 0 saturated carbocycles. The predicted molar refractivity (Wildman–Crippen MR) is 45.2 cm³/mol. The summed E-state index contributed by atoms with van der Waals surface area (Å²) in [5.74, 6) is 2.15. The van der Waals surface area contributed by atoms with E-state index in [4.69, 9.17) is 4.74 Å². The van der Waals surface area contributed by atoms with Crippen molar-refractivity contribution in [2.24, 2.45) is 0 Å². The summed E-state index contributed by atoms with van der Waals surface area (Å²) in [6.45, 7) is 6.60. The molecule has 1 aromatic carbocycles. The minimum atomic E-state index is 0.210. The summed E-state index contributed by atoms with van der Waals surface area (Å²) in [5, 5.41) is 0. The zero-order chi connectivity index (χ0) is 8.06. The molecule has 0 spiro atoms. The van der Waals surface area contributed by atoms with E-state index >= 15 is 0 Å². The maximum absolute atomic E-state index is 5.30. The molecule has 1 nitrogen and oxygen atoms in total. The normalized spacial score (nSPS) is 13.7. The lowest BCUT2D eigenvalue weighted by atomic mass is 9.87. The highest BCUT2D eigenvalue weighted by molar-refractivity contribution is 5.61. The molecule has 1 heterocycles. The number of hydrogen-bond donors (Lipinski definition) is 0. The van der Waals surface area contributed by atoms with Gasteiger partial charge in [0.05, 0.1) is 0 Å². The van der Waals surface area contributed by atoms with Crippen molar-refractivity contribution in [2.75, 3.05) is 0 Å². The lowest BCUT2D eigenvalue weighted by Crippen LogP contribution is -2.09. The lowest BCUT2D eigenvalue weighted by Gasteiger charge is -2.16. The van der Waals surface area contributed by atoms with Gasteiger partial charge in [0, 0.05) is 5.56 Å². The van der Waals surface area contributed by atoms with Crippen molar-refractivity contribution >= 4 is 0 Å². The third-order valence-electron chi connectivity index (χ3n) is 1.96. The molecule has 58 valence electrons. The molecule has 1 aliphatic rings. The Kier molecular flexibility index (Phi) is 1.09. The Morgan fingerprint density at radius 1 is 1.18 bits per heavy atom. The van der Waals surface area contributed by atoms with Gasteiger partial charge in [0.2, 0.25) is 0 Å². The van der Waals surface area contributed by atoms with Crippen LogP contribution in [0.25, 0.3) is 0 Å². The van der Waals surface area contributed by atoms with Crippen LogP contribution in [0.1, 0.15) is 26.3 Å². The predicted octanol–water partition coefficient (Wildman–Crippen LogP) is 3.09. The lowest BCUT2D eigenvalue weighted by molar-refractivity contribution is 0.565. The molecule has 0 radical (unpaired) electrons. The van der Waals surface area contributed by atoms with E-state index in [1.54, 1.807) is 0 Å². The smallest absolute Gasteiger partial charge is 0.173 e. The highest BCUT2D eigenvalue weighted by Gasteiger charge is 2.29. The second-order valence-corrected chi connectivity index (χ2v) is 3.98. The van der Waals surface area contributed by atoms with Crippen molar-refractivity contribution in [3.8, 4) is 11.5 Å². The fourth-order valence-corrected chi connectivity index (χ4v) is 1.28. The first-order chi connectivity index (χ1) is 5.09. The molecule has 0 saturated heterocycles. The van der Waals surface area contributed by atoms with Crippen LogP contribution in [0.2, 0.25) is 0 Å². The van der Waals surface area contributed by atoms with Crippen LogP contribution >= 0.6 is 0 Å². The standard InChI is InChI=1S/C10H12O/c1-10(2,3)7-5-4-6-8-9(7)11-8/h4-6H,1-3H3. The average Bonchev–Trinajstić information content (AvgIpc) is 2.60. The zero-order valence-electron chi connectivity index (χ0n) is 7.14. The van der Waals surface area contributed by atoms with Crippen molar-refractivity contribution in [3.05, 3.63) is 23.8 Å². The van der Waals surface area contributed by atoms with Gasteiger partial charge in [-0.25, -0.2) is 0 Å². The van der Waals surface area contributed by atoms with Crippen molar-refractivity contribution in [1.82, 2.24) is 0 Å². The first kappa shape index (κ1) is 6.71. The van der Waals surface area contributed by atoms with Gasteiger partial charge in [0.25, 0.3) is 0 Å². The molecule has 0 amide bonds. The highest BCUT2D eigenvalue weighted by Crippen LogP contribution is 2.51. The van der Waals surface area contributed by atoms with E-state index < -0.39 is 0 Å². The third kappa shape index (κ3) is 1.01. The van der Waals surface area contributed by atoms with E-state index in [2.05, 4.69) is 26.8 Å². The zero-order valence-corrected chi connectivity index (χ0v) is 7.14. The van der Waals surface area contributed by atoms with Crippen LogP contribution in [-0.4, -0.2) is 0 Å². The van der Waals surface area contributed by atoms with Crippen molar-refractivity contribution in [1.29, 1.82) is 0 Å². The van der Waals surface area contributed by atoms with E-state index in [-0.39, 0.29) is 5.41 Å². The first-order valence-corrected chi connectivity index (χ1v) is 3.90. The largest absolute Gasteiger partial charge is 0.449 e. The Hall–Kier alpha value is -0.980. The van der Waals surface area contributed by atoms with Crippen LogP contribution in [0.15, 0.2) is 18.2 Å². The summed E-state index contributed by atoms with van der Waals surface area (Å²) in [6, 6.07) is 6.18. The molecule has 0 aliphatic carbocycles. The van der Waals surface area contributed by atoms with Gasteiger partial charge in [-0.1, -0.05) is 32.9 Å². The molecule has 0 bridgehead atoms. The Labute approximate surface area is 67.0 Å². The first-order valence-electron chi connectivity index (χ1n) is 3.90. The summed E-state index contributed by atoms with van der Waals surface area (Å²) < 4.78 is 5.30. The maximum Gasteiger partial charge on any atom is 0.173 e. The van der Waals surface area contributed by atoms with Gasteiger partial charge in [-0.15, -0.1) is 0 Å². The second kappa shape index (κ2) is 1.79. The number of fused-ring (bicyclic) bond motifs is 1. The Balaban J connectivity index is 2.50. The Morgan fingerprint density at radius 2 is 1.91 bits per heavy atom. The molecule has 2 rings (SSSR count). The highest BCUT2D eigenvalue weighted by atomic mass is 16.6. The van der Waals surface area contributed by atoms with Crippen molar-refractivity contribution in [3.63, 3.8) is 0 Å². The van der Waals surface area contributed by atoms with E-state index in [0.29, 0.717) is 0 Å². The van der Waals surface area contributed by atoms with Crippen molar-refractivity contribution in [2.45, 2.75) is 26.2 Å².